The molecule has 0 amide bonds. The highest BCUT2D eigenvalue weighted by atomic mass is 32.2. The van der Waals surface area contributed by atoms with Crippen molar-refractivity contribution in [3.63, 3.8) is 0 Å². The predicted molar refractivity (Wildman–Crippen MR) is 74.7 cm³/mol. The van der Waals surface area contributed by atoms with E-state index in [-0.39, 0.29) is 17.3 Å². The van der Waals surface area contributed by atoms with E-state index in [2.05, 4.69) is 10.1 Å². The molecule has 8 heteroatoms. The molecule has 2 aromatic rings. The SMILES string of the molecule is CSCC[C@H](N)c1nc(-c2cccc(C(F)(F)F)c2)no1. The van der Waals surface area contributed by atoms with Gasteiger partial charge in [-0.05, 0) is 30.6 Å². The molecule has 0 fully saturated rings. The molecular formula is C13H14F3N3OS. The van der Waals surface area contributed by atoms with E-state index in [0.29, 0.717) is 6.42 Å². The molecule has 114 valence electrons. The summed E-state index contributed by atoms with van der Waals surface area (Å²) in [5, 5.41) is 3.70. The van der Waals surface area contributed by atoms with Crippen LogP contribution in [0.1, 0.15) is 23.9 Å². The minimum atomic E-state index is -4.41. The van der Waals surface area contributed by atoms with Gasteiger partial charge < -0.3 is 10.3 Å². The van der Waals surface area contributed by atoms with Crippen LogP contribution in [0.5, 0.6) is 0 Å². The van der Waals surface area contributed by atoms with Crippen molar-refractivity contribution in [2.24, 2.45) is 5.73 Å². The summed E-state index contributed by atoms with van der Waals surface area (Å²) in [6.45, 7) is 0. The predicted octanol–water partition coefficient (Wildman–Crippen LogP) is 3.51. The monoisotopic (exact) mass is 317 g/mol. The van der Waals surface area contributed by atoms with Crippen molar-refractivity contribution in [2.75, 3.05) is 12.0 Å². The summed E-state index contributed by atoms with van der Waals surface area (Å²) in [5.74, 6) is 1.18. The largest absolute Gasteiger partial charge is 0.416 e. The van der Waals surface area contributed by atoms with Crippen molar-refractivity contribution in [1.29, 1.82) is 0 Å². The van der Waals surface area contributed by atoms with E-state index >= 15 is 0 Å². The highest BCUT2D eigenvalue weighted by Crippen LogP contribution is 2.31. The summed E-state index contributed by atoms with van der Waals surface area (Å²) in [7, 11) is 0. The fraction of sp³-hybridized carbons (Fsp3) is 0.385. The number of aromatic nitrogens is 2. The lowest BCUT2D eigenvalue weighted by atomic mass is 10.1. The van der Waals surface area contributed by atoms with E-state index in [1.807, 2.05) is 6.26 Å². The zero-order chi connectivity index (χ0) is 15.5. The number of hydrogen-bond acceptors (Lipinski definition) is 5. The van der Waals surface area contributed by atoms with E-state index in [9.17, 15) is 13.2 Å². The molecule has 0 saturated carbocycles. The van der Waals surface area contributed by atoms with Crippen molar-refractivity contribution >= 4 is 11.8 Å². The van der Waals surface area contributed by atoms with Crippen LogP contribution in [0.15, 0.2) is 28.8 Å². The lowest BCUT2D eigenvalue weighted by Crippen LogP contribution is -2.11. The fourth-order valence-corrected chi connectivity index (χ4v) is 2.20. The zero-order valence-electron chi connectivity index (χ0n) is 11.2. The molecule has 21 heavy (non-hydrogen) atoms. The lowest BCUT2D eigenvalue weighted by molar-refractivity contribution is -0.137. The molecule has 1 aromatic carbocycles. The van der Waals surface area contributed by atoms with E-state index in [0.717, 1.165) is 17.9 Å². The van der Waals surface area contributed by atoms with Crippen LogP contribution in [0.25, 0.3) is 11.4 Å². The summed E-state index contributed by atoms with van der Waals surface area (Å²) in [4.78, 5) is 4.08. The minimum Gasteiger partial charge on any atom is -0.337 e. The van der Waals surface area contributed by atoms with Crippen molar-refractivity contribution in [3.8, 4) is 11.4 Å². The third kappa shape index (κ3) is 3.98. The van der Waals surface area contributed by atoms with Crippen LogP contribution in [-0.4, -0.2) is 22.1 Å². The Morgan fingerprint density at radius 1 is 1.38 bits per heavy atom. The summed E-state index contributed by atoms with van der Waals surface area (Å²) < 4.78 is 43.0. The van der Waals surface area contributed by atoms with Gasteiger partial charge >= 0.3 is 6.18 Å². The second-order valence-electron chi connectivity index (χ2n) is 4.42. The van der Waals surface area contributed by atoms with Crippen molar-refractivity contribution < 1.29 is 17.7 Å². The number of nitrogens with two attached hydrogens (primary N) is 1. The summed E-state index contributed by atoms with van der Waals surface area (Å²) in [6.07, 6.45) is -1.79. The Bertz CT molecular complexity index is 600. The third-order valence-electron chi connectivity index (χ3n) is 2.84. The quantitative estimate of drug-likeness (QED) is 0.914. The average molecular weight is 317 g/mol. The number of halogens is 3. The molecular weight excluding hydrogens is 303 g/mol. The molecule has 1 aromatic heterocycles. The number of benzene rings is 1. The van der Waals surface area contributed by atoms with Crippen LogP contribution in [0.2, 0.25) is 0 Å². The van der Waals surface area contributed by atoms with Crippen LogP contribution in [0.3, 0.4) is 0 Å². The van der Waals surface area contributed by atoms with Crippen LogP contribution >= 0.6 is 11.8 Å². The topological polar surface area (TPSA) is 64.9 Å². The van der Waals surface area contributed by atoms with E-state index in [4.69, 9.17) is 10.3 Å². The molecule has 0 unspecified atom stereocenters. The molecule has 4 nitrogen and oxygen atoms in total. The van der Waals surface area contributed by atoms with E-state index in [1.165, 1.54) is 12.1 Å². The van der Waals surface area contributed by atoms with Crippen molar-refractivity contribution in [2.45, 2.75) is 18.6 Å². The maximum atomic E-state index is 12.7. The van der Waals surface area contributed by atoms with Gasteiger partial charge in [-0.3, -0.25) is 0 Å². The number of rotatable bonds is 5. The maximum Gasteiger partial charge on any atom is 0.416 e. The van der Waals surface area contributed by atoms with Gasteiger partial charge in [-0.1, -0.05) is 17.3 Å². The van der Waals surface area contributed by atoms with Crippen LogP contribution in [0.4, 0.5) is 13.2 Å². The molecule has 0 radical (unpaired) electrons. The Kier molecular flexibility index (Phi) is 4.89. The summed E-state index contributed by atoms with van der Waals surface area (Å²) in [6, 6.07) is 4.38. The van der Waals surface area contributed by atoms with Gasteiger partial charge in [0.25, 0.3) is 0 Å². The normalized spacial score (nSPS) is 13.4. The van der Waals surface area contributed by atoms with Crippen LogP contribution < -0.4 is 5.73 Å². The Balaban J connectivity index is 2.22. The maximum absolute atomic E-state index is 12.7. The highest BCUT2D eigenvalue weighted by Gasteiger charge is 2.30. The average Bonchev–Trinajstić information content (AvgIpc) is 2.94. The molecule has 2 rings (SSSR count). The first kappa shape index (κ1) is 15.8. The zero-order valence-corrected chi connectivity index (χ0v) is 12.0. The fourth-order valence-electron chi connectivity index (χ4n) is 1.71. The first-order valence-corrected chi connectivity index (χ1v) is 7.57. The van der Waals surface area contributed by atoms with E-state index < -0.39 is 17.8 Å². The van der Waals surface area contributed by atoms with Crippen molar-refractivity contribution in [3.05, 3.63) is 35.7 Å². The second kappa shape index (κ2) is 6.48. The molecule has 1 atom stereocenters. The molecule has 0 spiro atoms. The molecule has 0 bridgehead atoms. The Hall–Kier alpha value is -1.54. The number of nitrogens with zero attached hydrogens (tertiary/aromatic N) is 2. The lowest BCUT2D eigenvalue weighted by Gasteiger charge is -2.06. The van der Waals surface area contributed by atoms with Crippen LogP contribution in [-0.2, 0) is 6.18 Å². The van der Waals surface area contributed by atoms with Crippen molar-refractivity contribution in [1.82, 2.24) is 10.1 Å². The molecule has 0 saturated heterocycles. The molecule has 0 aliphatic heterocycles. The smallest absolute Gasteiger partial charge is 0.337 e. The van der Waals surface area contributed by atoms with Gasteiger partial charge in [0.1, 0.15) is 0 Å². The highest BCUT2D eigenvalue weighted by molar-refractivity contribution is 7.98. The molecule has 0 aliphatic carbocycles. The number of thioether (sulfide) groups is 1. The Labute approximate surface area is 123 Å². The first-order valence-electron chi connectivity index (χ1n) is 6.17. The van der Waals surface area contributed by atoms with Gasteiger partial charge in [0.05, 0.1) is 11.6 Å². The van der Waals surface area contributed by atoms with Gasteiger partial charge in [0, 0.05) is 5.56 Å². The third-order valence-corrected chi connectivity index (χ3v) is 3.48. The Morgan fingerprint density at radius 3 is 2.81 bits per heavy atom. The van der Waals surface area contributed by atoms with Gasteiger partial charge in [-0.2, -0.15) is 29.9 Å². The summed E-state index contributed by atoms with van der Waals surface area (Å²) >= 11 is 1.64. The van der Waals surface area contributed by atoms with Gasteiger partial charge in [-0.25, -0.2) is 0 Å². The minimum absolute atomic E-state index is 0.107. The van der Waals surface area contributed by atoms with Gasteiger partial charge in [0.2, 0.25) is 11.7 Å². The van der Waals surface area contributed by atoms with Gasteiger partial charge in [-0.15, -0.1) is 0 Å². The Morgan fingerprint density at radius 2 is 2.14 bits per heavy atom. The molecule has 2 N–H and O–H groups in total. The number of alkyl halides is 3. The second-order valence-corrected chi connectivity index (χ2v) is 5.41. The van der Waals surface area contributed by atoms with Gasteiger partial charge in [0.15, 0.2) is 0 Å². The molecule has 0 aliphatic rings. The van der Waals surface area contributed by atoms with E-state index in [1.54, 1.807) is 11.8 Å². The van der Waals surface area contributed by atoms with Crippen LogP contribution in [0, 0.1) is 0 Å². The summed E-state index contributed by atoms with van der Waals surface area (Å²) in [5.41, 5.74) is 5.38. The molecule has 1 heterocycles. The standard InChI is InChI=1S/C13H14F3N3OS/c1-21-6-5-10(17)12-18-11(19-20-12)8-3-2-4-9(7-8)13(14,15)16/h2-4,7,10H,5-6,17H2,1H3/t10-/m0/s1. The number of hydrogen-bond donors (Lipinski definition) is 1. The first-order chi connectivity index (χ1) is 9.91.